The smallest absolute Gasteiger partial charge is 0.135 e. The summed E-state index contributed by atoms with van der Waals surface area (Å²) in [6, 6.07) is 23.0. The van der Waals surface area contributed by atoms with Crippen LogP contribution in [0.15, 0.2) is 66.7 Å². The monoisotopic (exact) mass is 516 g/mol. The predicted octanol–water partition coefficient (Wildman–Crippen LogP) is 6.50. The summed E-state index contributed by atoms with van der Waals surface area (Å²) in [5, 5.41) is 14.0. The van der Waals surface area contributed by atoms with Gasteiger partial charge in [0.25, 0.3) is 0 Å². The highest BCUT2D eigenvalue weighted by molar-refractivity contribution is 5.88. The van der Waals surface area contributed by atoms with Crippen molar-refractivity contribution in [3.8, 4) is 11.5 Å². The summed E-state index contributed by atoms with van der Waals surface area (Å²) in [4.78, 5) is 4.93. The lowest BCUT2D eigenvalue weighted by Crippen LogP contribution is -2.50. The molecule has 0 bridgehead atoms. The molecule has 0 radical (unpaired) electrons. The lowest BCUT2D eigenvalue weighted by atomic mass is 9.72. The third-order valence-electron chi connectivity index (χ3n) is 7.66. The third kappa shape index (κ3) is 6.49. The Labute approximate surface area is 222 Å². The summed E-state index contributed by atoms with van der Waals surface area (Å²) in [5.74, 6) is 1.85. The van der Waals surface area contributed by atoms with Crippen molar-refractivity contribution in [1.29, 1.82) is 0 Å². The van der Waals surface area contributed by atoms with Crippen LogP contribution in [0, 0.1) is 0 Å². The largest absolute Gasteiger partial charge is 0.457 e. The molecule has 190 valence electrons. The summed E-state index contributed by atoms with van der Waals surface area (Å²) in [5.41, 5.74) is 0.614. The normalized spacial score (nSPS) is 19.4. The number of likely N-dealkylation sites (N-methyl/N-ethyl adjacent to an activating group) is 1. The predicted molar refractivity (Wildman–Crippen MR) is 150 cm³/mol. The molecule has 1 aliphatic heterocycles. The molecule has 3 aromatic rings. The van der Waals surface area contributed by atoms with Crippen LogP contribution in [0.5, 0.6) is 11.5 Å². The quantitative estimate of drug-likeness (QED) is 0.405. The number of hydrogen-bond acceptors (Lipinski definition) is 4. The highest BCUT2D eigenvalue weighted by Gasteiger charge is 2.39. The Kier molecular flexibility index (Phi) is 9.86. The number of aliphatic hydroxyl groups is 1. The highest BCUT2D eigenvalue weighted by Crippen LogP contribution is 2.41. The first kappa shape index (κ1) is 27.8. The summed E-state index contributed by atoms with van der Waals surface area (Å²) in [6.45, 7) is 5.27. The van der Waals surface area contributed by atoms with E-state index in [0.29, 0.717) is 0 Å². The lowest BCUT2D eigenvalue weighted by molar-refractivity contribution is -0.0337. The van der Waals surface area contributed by atoms with Gasteiger partial charge in [-0.1, -0.05) is 67.8 Å². The van der Waals surface area contributed by atoms with E-state index in [0.717, 1.165) is 75.3 Å². The molecule has 2 aliphatic rings. The van der Waals surface area contributed by atoms with Gasteiger partial charge in [-0.25, -0.2) is 0 Å². The zero-order chi connectivity index (χ0) is 22.7. The van der Waals surface area contributed by atoms with Gasteiger partial charge in [0, 0.05) is 44.0 Å². The number of benzene rings is 3. The van der Waals surface area contributed by atoms with Gasteiger partial charge >= 0.3 is 0 Å². The molecule has 3 aromatic carbocycles. The van der Waals surface area contributed by atoms with Gasteiger partial charge in [0.2, 0.25) is 0 Å². The van der Waals surface area contributed by atoms with Crippen LogP contribution in [-0.4, -0.2) is 60.3 Å². The number of fused-ring (bicyclic) bond motifs is 1. The fourth-order valence-electron chi connectivity index (χ4n) is 5.57. The standard InChI is InChI=1S/C29H36N2O2.2ClH/c1-30-18-20-31(21-19-30)22-27(29(32)16-5-2-6-17-29)24-12-14-25(15-13-24)33-28-11-7-9-23-8-3-4-10-26(23)28;;/h3-4,7-15,27,32H,2,5-6,16-22H2,1H3;2*1H. The topological polar surface area (TPSA) is 35.9 Å². The highest BCUT2D eigenvalue weighted by atomic mass is 35.5. The molecule has 0 amide bonds. The van der Waals surface area contributed by atoms with Crippen molar-refractivity contribution in [1.82, 2.24) is 9.80 Å². The summed E-state index contributed by atoms with van der Waals surface area (Å²) < 4.78 is 6.28. The molecule has 0 aromatic heterocycles. The minimum Gasteiger partial charge on any atom is -0.457 e. The Hall–Kier alpha value is -1.82. The minimum atomic E-state index is -0.612. The van der Waals surface area contributed by atoms with E-state index in [4.69, 9.17) is 4.74 Å². The van der Waals surface area contributed by atoms with E-state index in [-0.39, 0.29) is 30.7 Å². The van der Waals surface area contributed by atoms with Crippen LogP contribution >= 0.6 is 24.8 Å². The van der Waals surface area contributed by atoms with Crippen molar-refractivity contribution >= 4 is 35.6 Å². The maximum atomic E-state index is 11.7. The van der Waals surface area contributed by atoms with E-state index in [1.807, 2.05) is 18.2 Å². The second-order valence-corrected chi connectivity index (χ2v) is 9.97. The van der Waals surface area contributed by atoms with Gasteiger partial charge in [-0.15, -0.1) is 24.8 Å². The van der Waals surface area contributed by atoms with Gasteiger partial charge < -0.3 is 19.6 Å². The fraction of sp³-hybridized carbons (Fsp3) is 0.448. The number of ether oxygens (including phenoxy) is 1. The number of hydrogen-bond donors (Lipinski definition) is 1. The van der Waals surface area contributed by atoms with E-state index in [2.05, 4.69) is 65.4 Å². The molecular weight excluding hydrogens is 479 g/mol. The fourth-order valence-corrected chi connectivity index (χ4v) is 5.57. The van der Waals surface area contributed by atoms with Crippen LogP contribution in [0.4, 0.5) is 0 Å². The second-order valence-electron chi connectivity index (χ2n) is 9.97. The summed E-state index contributed by atoms with van der Waals surface area (Å²) in [6.07, 6.45) is 5.29. The Morgan fingerprint density at radius 3 is 2.20 bits per heavy atom. The van der Waals surface area contributed by atoms with Crippen LogP contribution in [0.25, 0.3) is 10.8 Å². The molecule has 0 spiro atoms. The average Bonchev–Trinajstić information content (AvgIpc) is 2.85. The van der Waals surface area contributed by atoms with Crippen LogP contribution in [-0.2, 0) is 0 Å². The van der Waals surface area contributed by atoms with E-state index >= 15 is 0 Å². The molecule has 1 saturated heterocycles. The number of nitrogens with zero attached hydrogens (tertiary/aromatic N) is 2. The molecule has 4 nitrogen and oxygen atoms in total. The van der Waals surface area contributed by atoms with Crippen molar-refractivity contribution in [2.75, 3.05) is 39.8 Å². The van der Waals surface area contributed by atoms with Crippen molar-refractivity contribution in [2.24, 2.45) is 0 Å². The molecule has 1 atom stereocenters. The molecule has 35 heavy (non-hydrogen) atoms. The zero-order valence-corrected chi connectivity index (χ0v) is 22.2. The second kappa shape index (κ2) is 12.4. The molecular formula is C29H38Cl2N2O2. The Balaban J connectivity index is 0.00000171. The van der Waals surface area contributed by atoms with Gasteiger partial charge in [0.15, 0.2) is 0 Å². The minimum absolute atomic E-state index is 0. The summed E-state index contributed by atoms with van der Waals surface area (Å²) in [7, 11) is 2.19. The number of halogens is 2. The molecule has 5 rings (SSSR count). The van der Waals surface area contributed by atoms with E-state index in [1.165, 1.54) is 17.4 Å². The first-order valence-electron chi connectivity index (χ1n) is 12.5. The van der Waals surface area contributed by atoms with Gasteiger partial charge in [-0.05, 0) is 49.0 Å². The molecule has 1 saturated carbocycles. The third-order valence-corrected chi connectivity index (χ3v) is 7.66. The first-order valence-corrected chi connectivity index (χ1v) is 12.5. The van der Waals surface area contributed by atoms with Crippen molar-refractivity contribution < 1.29 is 9.84 Å². The van der Waals surface area contributed by atoms with Crippen LogP contribution in [0.3, 0.4) is 0 Å². The lowest BCUT2D eigenvalue weighted by Gasteiger charge is -2.43. The molecule has 6 heteroatoms. The van der Waals surface area contributed by atoms with Crippen LogP contribution < -0.4 is 4.74 Å². The maximum Gasteiger partial charge on any atom is 0.135 e. The van der Waals surface area contributed by atoms with Crippen molar-refractivity contribution in [2.45, 2.75) is 43.6 Å². The number of piperazine rings is 1. The molecule has 1 unspecified atom stereocenters. The maximum absolute atomic E-state index is 11.7. The van der Waals surface area contributed by atoms with E-state index in [1.54, 1.807) is 0 Å². The number of rotatable bonds is 6. The SMILES string of the molecule is CN1CCN(CC(c2ccc(Oc3cccc4ccccc34)cc2)C2(O)CCCCC2)CC1.Cl.Cl. The Morgan fingerprint density at radius 2 is 1.49 bits per heavy atom. The zero-order valence-electron chi connectivity index (χ0n) is 20.6. The van der Waals surface area contributed by atoms with Gasteiger partial charge in [0.05, 0.1) is 5.60 Å². The summed E-state index contributed by atoms with van der Waals surface area (Å²) >= 11 is 0. The Morgan fingerprint density at radius 1 is 0.829 bits per heavy atom. The van der Waals surface area contributed by atoms with Crippen molar-refractivity contribution in [3.05, 3.63) is 72.3 Å². The van der Waals surface area contributed by atoms with Gasteiger partial charge in [-0.3, -0.25) is 0 Å². The molecule has 1 N–H and O–H groups in total. The average molecular weight is 518 g/mol. The van der Waals surface area contributed by atoms with Crippen LogP contribution in [0.2, 0.25) is 0 Å². The van der Waals surface area contributed by atoms with Gasteiger partial charge in [0.1, 0.15) is 11.5 Å². The van der Waals surface area contributed by atoms with Crippen LogP contribution in [0.1, 0.15) is 43.6 Å². The van der Waals surface area contributed by atoms with E-state index < -0.39 is 5.60 Å². The van der Waals surface area contributed by atoms with Crippen molar-refractivity contribution in [3.63, 3.8) is 0 Å². The van der Waals surface area contributed by atoms with E-state index in [9.17, 15) is 5.11 Å². The van der Waals surface area contributed by atoms with Gasteiger partial charge in [-0.2, -0.15) is 0 Å². The Bertz CT molecular complexity index is 1060. The first-order chi connectivity index (χ1) is 16.1. The molecule has 2 fully saturated rings. The molecule has 1 aliphatic carbocycles. The molecule has 1 heterocycles.